The number of hydrogen-bond donors (Lipinski definition) is 1. The highest BCUT2D eigenvalue weighted by molar-refractivity contribution is 5.78. The lowest BCUT2D eigenvalue weighted by atomic mass is 9.85. The highest BCUT2D eigenvalue weighted by Crippen LogP contribution is 2.36. The molecule has 5 rings (SSSR count). The SMILES string of the molecule is CCOC(=O)C(c1ccccc1C1CCOCC1)N1CC[C@@H](OCCCCc2ccc3c(n2)NCCC3)C1. The fourth-order valence-corrected chi connectivity index (χ4v) is 6.12. The van der Waals surface area contributed by atoms with E-state index in [1.165, 1.54) is 17.5 Å². The third-order valence-electron chi connectivity index (χ3n) is 8.14. The van der Waals surface area contributed by atoms with Gasteiger partial charge in [0.25, 0.3) is 0 Å². The molecule has 7 nitrogen and oxygen atoms in total. The highest BCUT2D eigenvalue weighted by Gasteiger charge is 2.37. The first-order valence-corrected chi connectivity index (χ1v) is 14.6. The van der Waals surface area contributed by atoms with Crippen molar-refractivity contribution in [2.45, 2.75) is 76.4 Å². The second-order valence-electron chi connectivity index (χ2n) is 10.7. The Kier molecular flexibility index (Phi) is 9.66. The average molecular weight is 522 g/mol. The molecule has 2 atom stereocenters. The molecule has 2 fully saturated rings. The minimum absolute atomic E-state index is 0.147. The molecule has 1 unspecified atom stereocenters. The molecule has 2 aromatic rings. The summed E-state index contributed by atoms with van der Waals surface area (Å²) in [6, 6.07) is 12.5. The van der Waals surface area contributed by atoms with Crippen LogP contribution in [0.25, 0.3) is 0 Å². The predicted octanol–water partition coefficient (Wildman–Crippen LogP) is 5.05. The van der Waals surface area contributed by atoms with E-state index in [-0.39, 0.29) is 18.1 Å². The molecule has 38 heavy (non-hydrogen) atoms. The Hall–Kier alpha value is -2.48. The van der Waals surface area contributed by atoms with Crippen molar-refractivity contribution >= 4 is 11.8 Å². The summed E-state index contributed by atoms with van der Waals surface area (Å²) >= 11 is 0. The van der Waals surface area contributed by atoms with Gasteiger partial charge < -0.3 is 19.5 Å². The Morgan fingerprint density at radius 2 is 2.03 bits per heavy atom. The molecule has 0 amide bonds. The monoisotopic (exact) mass is 521 g/mol. The predicted molar refractivity (Wildman–Crippen MR) is 149 cm³/mol. The van der Waals surface area contributed by atoms with Gasteiger partial charge >= 0.3 is 5.97 Å². The van der Waals surface area contributed by atoms with E-state index in [2.05, 4.69) is 40.5 Å². The summed E-state index contributed by atoms with van der Waals surface area (Å²) in [6.45, 7) is 7.18. The normalized spacial score (nSPS) is 21.0. The van der Waals surface area contributed by atoms with Crippen LogP contribution in [0.5, 0.6) is 0 Å². The van der Waals surface area contributed by atoms with Gasteiger partial charge in [0, 0.05) is 45.1 Å². The Balaban J connectivity index is 1.14. The number of carbonyl (C=O) groups is 1. The third-order valence-corrected chi connectivity index (χ3v) is 8.14. The number of carbonyl (C=O) groups excluding carboxylic acids is 1. The van der Waals surface area contributed by atoms with E-state index in [0.29, 0.717) is 12.5 Å². The number of hydrogen-bond acceptors (Lipinski definition) is 7. The number of unbranched alkanes of at least 4 members (excludes halogenated alkanes) is 1. The quantitative estimate of drug-likeness (QED) is 0.328. The van der Waals surface area contributed by atoms with E-state index in [1.54, 1.807) is 0 Å². The number of ether oxygens (including phenoxy) is 3. The lowest BCUT2D eigenvalue weighted by Crippen LogP contribution is -2.35. The summed E-state index contributed by atoms with van der Waals surface area (Å²) in [7, 11) is 0. The topological polar surface area (TPSA) is 72.9 Å². The maximum Gasteiger partial charge on any atom is 0.328 e. The van der Waals surface area contributed by atoms with Gasteiger partial charge in [-0.2, -0.15) is 0 Å². The molecule has 4 heterocycles. The fourth-order valence-electron chi connectivity index (χ4n) is 6.12. The number of pyridine rings is 1. The van der Waals surface area contributed by atoms with Crippen LogP contribution in [-0.2, 0) is 31.8 Å². The van der Waals surface area contributed by atoms with Gasteiger partial charge in [-0.1, -0.05) is 30.3 Å². The lowest BCUT2D eigenvalue weighted by molar-refractivity contribution is -0.149. The van der Waals surface area contributed by atoms with Crippen molar-refractivity contribution < 1.29 is 19.0 Å². The van der Waals surface area contributed by atoms with E-state index in [9.17, 15) is 4.79 Å². The molecule has 1 aromatic carbocycles. The Morgan fingerprint density at radius 1 is 1.16 bits per heavy atom. The number of fused-ring (bicyclic) bond motifs is 1. The van der Waals surface area contributed by atoms with Crippen LogP contribution in [0.15, 0.2) is 36.4 Å². The van der Waals surface area contributed by atoms with Crippen LogP contribution < -0.4 is 5.32 Å². The Morgan fingerprint density at radius 3 is 2.89 bits per heavy atom. The standard InChI is InChI=1S/C31H43N3O4/c1-2-37-31(35)29(28-11-4-3-10-27(28)23-15-20-36-21-16-23)34-18-14-26(22-34)38-19-6-5-9-25-13-12-24-8-7-17-32-30(24)33-25/h3-4,10-13,23,26,29H,2,5-9,14-22H2,1H3,(H,32,33)/t26-,29?/m1/s1. The summed E-state index contributed by atoms with van der Waals surface area (Å²) in [6.07, 6.45) is 8.44. The van der Waals surface area contributed by atoms with E-state index in [0.717, 1.165) is 101 Å². The molecular formula is C31H43N3O4. The number of esters is 1. The van der Waals surface area contributed by atoms with Crippen molar-refractivity contribution in [3.05, 3.63) is 58.8 Å². The minimum Gasteiger partial charge on any atom is -0.465 e. The highest BCUT2D eigenvalue weighted by atomic mass is 16.5. The molecule has 0 saturated carbocycles. The van der Waals surface area contributed by atoms with Crippen LogP contribution in [-0.4, -0.2) is 68.0 Å². The van der Waals surface area contributed by atoms with E-state index in [1.807, 2.05) is 13.0 Å². The summed E-state index contributed by atoms with van der Waals surface area (Å²) in [5.74, 6) is 1.34. The third kappa shape index (κ3) is 6.74. The second-order valence-corrected chi connectivity index (χ2v) is 10.7. The number of nitrogens with zero attached hydrogens (tertiary/aromatic N) is 2. The molecule has 0 radical (unpaired) electrons. The van der Waals surface area contributed by atoms with Crippen LogP contribution in [0, 0.1) is 0 Å². The van der Waals surface area contributed by atoms with Crippen LogP contribution >= 0.6 is 0 Å². The van der Waals surface area contributed by atoms with E-state index >= 15 is 0 Å². The minimum atomic E-state index is -0.383. The summed E-state index contributed by atoms with van der Waals surface area (Å²) in [4.78, 5) is 20.3. The first kappa shape index (κ1) is 27.1. The van der Waals surface area contributed by atoms with Gasteiger partial charge in [0.15, 0.2) is 0 Å². The van der Waals surface area contributed by atoms with Crippen LogP contribution in [0.2, 0.25) is 0 Å². The number of anilines is 1. The Labute approximate surface area is 227 Å². The number of aromatic nitrogens is 1. The number of aryl methyl sites for hydroxylation is 2. The smallest absolute Gasteiger partial charge is 0.328 e. The zero-order valence-corrected chi connectivity index (χ0v) is 22.8. The van der Waals surface area contributed by atoms with Crippen molar-refractivity contribution in [2.75, 3.05) is 51.4 Å². The van der Waals surface area contributed by atoms with E-state index in [4.69, 9.17) is 19.2 Å². The molecule has 2 saturated heterocycles. The molecule has 3 aliphatic rings. The molecule has 3 aliphatic heterocycles. The van der Waals surface area contributed by atoms with Gasteiger partial charge in [-0.25, -0.2) is 9.78 Å². The van der Waals surface area contributed by atoms with Gasteiger partial charge in [0.2, 0.25) is 0 Å². The lowest BCUT2D eigenvalue weighted by Gasteiger charge is -2.31. The summed E-state index contributed by atoms with van der Waals surface area (Å²) in [5, 5.41) is 3.43. The zero-order chi connectivity index (χ0) is 26.2. The molecule has 1 aromatic heterocycles. The maximum atomic E-state index is 13.3. The molecule has 206 valence electrons. The first-order valence-electron chi connectivity index (χ1n) is 14.6. The van der Waals surface area contributed by atoms with Crippen molar-refractivity contribution in [1.82, 2.24) is 9.88 Å². The average Bonchev–Trinajstić information content (AvgIpc) is 3.42. The molecule has 0 aliphatic carbocycles. The van der Waals surface area contributed by atoms with Gasteiger partial charge in [-0.3, -0.25) is 4.90 Å². The summed E-state index contributed by atoms with van der Waals surface area (Å²) in [5.41, 5.74) is 4.85. The number of rotatable bonds is 11. The van der Waals surface area contributed by atoms with Gasteiger partial charge in [-0.05, 0) is 87.0 Å². The fraction of sp³-hybridized carbons (Fsp3) is 0.613. The molecule has 1 N–H and O–H groups in total. The van der Waals surface area contributed by atoms with Crippen LogP contribution in [0.3, 0.4) is 0 Å². The van der Waals surface area contributed by atoms with Gasteiger partial charge in [0.1, 0.15) is 11.9 Å². The number of benzene rings is 1. The van der Waals surface area contributed by atoms with Crippen molar-refractivity contribution in [3.63, 3.8) is 0 Å². The zero-order valence-electron chi connectivity index (χ0n) is 22.8. The molecular weight excluding hydrogens is 478 g/mol. The maximum absolute atomic E-state index is 13.3. The second kappa shape index (κ2) is 13.5. The largest absolute Gasteiger partial charge is 0.465 e. The number of likely N-dealkylation sites (tertiary alicyclic amines) is 1. The van der Waals surface area contributed by atoms with Gasteiger partial charge in [0.05, 0.1) is 12.7 Å². The van der Waals surface area contributed by atoms with Crippen molar-refractivity contribution in [1.29, 1.82) is 0 Å². The summed E-state index contributed by atoms with van der Waals surface area (Å²) < 4.78 is 17.5. The molecule has 0 spiro atoms. The van der Waals surface area contributed by atoms with Crippen LogP contribution in [0.1, 0.15) is 79.8 Å². The van der Waals surface area contributed by atoms with Crippen molar-refractivity contribution in [2.24, 2.45) is 0 Å². The van der Waals surface area contributed by atoms with Crippen molar-refractivity contribution in [3.8, 4) is 0 Å². The van der Waals surface area contributed by atoms with E-state index < -0.39 is 0 Å². The Bertz CT molecular complexity index is 1060. The van der Waals surface area contributed by atoms with Crippen LogP contribution in [0.4, 0.5) is 5.82 Å². The molecule has 7 heteroatoms. The first-order chi connectivity index (χ1) is 18.7. The van der Waals surface area contributed by atoms with Gasteiger partial charge in [-0.15, -0.1) is 0 Å². The number of nitrogens with one attached hydrogen (secondary N) is 1. The molecule has 0 bridgehead atoms.